The first kappa shape index (κ1) is 44.4. The van der Waals surface area contributed by atoms with Crippen LogP contribution in [0.15, 0.2) is 168 Å². The summed E-state index contributed by atoms with van der Waals surface area (Å²) < 4.78 is 9.94. The molecule has 5 aromatic carbocycles. The zero-order valence-electron chi connectivity index (χ0n) is 36.7. The predicted octanol–water partition coefficient (Wildman–Crippen LogP) is 10.7. The second kappa shape index (κ2) is 20.5. The molecular formula is C56H59N2OOsP+. The van der Waals surface area contributed by atoms with E-state index in [1.54, 1.807) is 0 Å². The predicted molar refractivity (Wildman–Crippen MR) is 259 cm³/mol. The van der Waals surface area contributed by atoms with Gasteiger partial charge in [-0.3, -0.25) is 0 Å². The van der Waals surface area contributed by atoms with Crippen molar-refractivity contribution in [2.75, 3.05) is 54.5 Å². The average molecular weight is 997 g/mol. The summed E-state index contributed by atoms with van der Waals surface area (Å²) in [4.78, 5) is 4.64. The van der Waals surface area contributed by atoms with Crippen LogP contribution in [0.4, 0.5) is 0 Å². The molecule has 1 fully saturated rings. The van der Waals surface area contributed by atoms with Gasteiger partial charge >= 0.3 is 321 Å². The molecule has 0 spiro atoms. The molecule has 0 bridgehead atoms. The zero-order chi connectivity index (χ0) is 42.8. The minimum atomic E-state index is -2.50. The van der Waals surface area contributed by atoms with Crippen molar-refractivity contribution in [2.45, 2.75) is 44.9 Å². The molecular weight excluding hydrogens is 938 g/mol. The number of benzene rings is 5. The van der Waals surface area contributed by atoms with Crippen LogP contribution in [0, 0.1) is 16.2 Å². The molecule has 0 atom stereocenters. The molecule has 0 N–H and O–H groups in total. The molecule has 7 rings (SSSR count). The molecule has 5 heteroatoms. The molecule has 5 aromatic rings. The fourth-order valence-electron chi connectivity index (χ4n) is 9.36. The van der Waals surface area contributed by atoms with E-state index in [0.717, 1.165) is 55.2 Å². The molecule has 1 aliphatic carbocycles. The summed E-state index contributed by atoms with van der Waals surface area (Å²) in [6.45, 7) is 7.50. The van der Waals surface area contributed by atoms with Gasteiger partial charge in [-0.25, -0.2) is 0 Å². The Morgan fingerprint density at radius 1 is 0.689 bits per heavy atom. The zero-order valence-corrected chi connectivity index (χ0v) is 40.1. The summed E-state index contributed by atoms with van der Waals surface area (Å²) in [5.41, 5.74) is 11.2. The number of hydrogen-bond donors (Lipinski definition) is 0. The van der Waals surface area contributed by atoms with E-state index in [1.165, 1.54) is 54.9 Å². The second-order valence-corrected chi connectivity index (χ2v) is 20.7. The molecule has 0 amide bonds. The second-order valence-electron chi connectivity index (χ2n) is 16.7. The number of fused-ring (bicyclic) bond motifs is 3. The summed E-state index contributed by atoms with van der Waals surface area (Å²) in [5, 5.41) is 4.98. The fourth-order valence-corrected chi connectivity index (χ4v) is 15.1. The summed E-state index contributed by atoms with van der Waals surface area (Å²) in [7, 11) is 6.26. The maximum atomic E-state index is 6.07. The Morgan fingerprint density at radius 2 is 1.21 bits per heavy atom. The Balaban J connectivity index is 1.49. The number of nitrogens with zero attached hydrogens (tertiary/aromatic N) is 2. The molecule has 0 unspecified atom stereocenters. The molecule has 0 saturated carbocycles. The van der Waals surface area contributed by atoms with Crippen molar-refractivity contribution in [1.29, 1.82) is 0 Å². The average Bonchev–Trinajstić information content (AvgIpc) is 3.84. The first-order chi connectivity index (χ1) is 29.7. The third-order valence-corrected chi connectivity index (χ3v) is 17.6. The third-order valence-electron chi connectivity index (χ3n) is 12.2. The minimum absolute atomic E-state index is 0.111. The van der Waals surface area contributed by atoms with Crippen LogP contribution in [-0.4, -0.2) is 64.3 Å². The monoisotopic (exact) mass is 998 g/mol. The number of hydrogen-bond acceptors (Lipinski definition) is 3. The molecule has 2 aliphatic rings. The van der Waals surface area contributed by atoms with Gasteiger partial charge < -0.3 is 9.80 Å². The maximum absolute atomic E-state index is 6.07. The standard InChI is InChI=1S/C56H59N2OP.Os/c1-8-21-44-29-32-52-53-33-30-45(39-55(53)56(54(52)38-44,34-19-36-57(4)5)35-20-37-58(6)7)28-31-47(40-48-42-59-41-46(48)9-2)43(3)60(49-22-13-10-14-23-49,50-24-15-11-16-25-50)51-26-17-12-18-27-51;/h8-18,21-27,29-30,32-33,38-40H,19-20,34-37,41-42H2,1-2,4-7H3;/q+1;/b21-8+,46-9?,47-43?,48-40?;. The molecule has 1 heterocycles. The van der Waals surface area contributed by atoms with Crippen molar-refractivity contribution in [1.82, 2.24) is 9.80 Å². The van der Waals surface area contributed by atoms with Crippen LogP contribution in [0.25, 0.3) is 17.2 Å². The van der Waals surface area contributed by atoms with E-state index in [-0.39, 0.29) is 5.41 Å². The molecule has 1 aliphatic heterocycles. The molecule has 0 radical (unpaired) electrons. The first-order valence-electron chi connectivity index (χ1n) is 21.6. The van der Waals surface area contributed by atoms with E-state index in [4.69, 9.17) is 4.74 Å². The Bertz CT molecular complexity index is 2440. The Morgan fingerprint density at radius 3 is 1.72 bits per heavy atom. The van der Waals surface area contributed by atoms with E-state index in [1.807, 2.05) is 17.9 Å². The van der Waals surface area contributed by atoms with Crippen LogP contribution in [0.1, 0.15) is 61.8 Å². The Labute approximate surface area is 376 Å². The molecule has 311 valence electrons. The van der Waals surface area contributed by atoms with Gasteiger partial charge in [-0.05, 0) is 35.1 Å². The van der Waals surface area contributed by atoms with Crippen molar-refractivity contribution in [3.63, 3.8) is 0 Å². The van der Waals surface area contributed by atoms with Crippen LogP contribution in [0.3, 0.4) is 0 Å². The van der Waals surface area contributed by atoms with Crippen LogP contribution in [-0.2, 0) is 28.1 Å². The van der Waals surface area contributed by atoms with Crippen molar-refractivity contribution < 1.29 is 22.7 Å². The van der Waals surface area contributed by atoms with Gasteiger partial charge in [0.25, 0.3) is 0 Å². The summed E-state index contributed by atoms with van der Waals surface area (Å²) in [5.74, 6) is 7.68. The normalized spacial score (nSPS) is 16.1. The first-order valence-corrected chi connectivity index (χ1v) is 24.6. The summed E-state index contributed by atoms with van der Waals surface area (Å²) in [6, 6.07) is 47.3. The molecule has 61 heavy (non-hydrogen) atoms. The van der Waals surface area contributed by atoms with Crippen LogP contribution < -0.4 is 15.9 Å². The Kier molecular flexibility index (Phi) is 14.9. The number of rotatable bonds is 14. The molecule has 1 saturated heterocycles. The van der Waals surface area contributed by atoms with Crippen LogP contribution in [0.5, 0.6) is 0 Å². The van der Waals surface area contributed by atoms with E-state index in [2.05, 4.69) is 220 Å². The van der Waals surface area contributed by atoms with Gasteiger partial charge in [0, 0.05) is 0 Å². The van der Waals surface area contributed by atoms with Gasteiger partial charge in [0.2, 0.25) is 0 Å². The SMILES string of the molecule is CC=C1COCC1=CC(C#Cc1ccc2c(c1)C(CCCN(C)C)(CCCN(C)C)c1cc(/C=C/C)ccc1-2)=C([C]#[Os])[P+](c1ccccc1)(c1ccccc1)c1ccccc1. The number of allylic oxidation sites excluding steroid dienone is 5. The van der Waals surface area contributed by atoms with Crippen molar-refractivity contribution in [3.8, 4) is 27.3 Å². The van der Waals surface area contributed by atoms with Crippen molar-refractivity contribution in [3.05, 3.63) is 190 Å². The quantitative estimate of drug-likeness (QED) is 0.0815. The van der Waals surface area contributed by atoms with Gasteiger partial charge in [0.05, 0.1) is 0 Å². The van der Waals surface area contributed by atoms with E-state index in [9.17, 15) is 0 Å². The summed E-state index contributed by atoms with van der Waals surface area (Å²) in [6.07, 6.45) is 13.3. The van der Waals surface area contributed by atoms with Crippen molar-refractivity contribution in [2.24, 2.45) is 0 Å². The van der Waals surface area contributed by atoms with Crippen LogP contribution in [0.2, 0.25) is 0 Å². The van der Waals surface area contributed by atoms with E-state index in [0.29, 0.717) is 13.2 Å². The van der Waals surface area contributed by atoms with Gasteiger partial charge in [0.15, 0.2) is 0 Å². The van der Waals surface area contributed by atoms with E-state index < -0.39 is 7.26 Å². The fraction of sp³-hybridized carbons (Fsp3) is 0.268. The number of ether oxygens (including phenoxy) is 1. The van der Waals surface area contributed by atoms with Gasteiger partial charge in [0.1, 0.15) is 0 Å². The summed E-state index contributed by atoms with van der Waals surface area (Å²) >= 11 is 1.81. The van der Waals surface area contributed by atoms with Gasteiger partial charge in [-0.2, -0.15) is 0 Å². The molecule has 0 aromatic heterocycles. The topological polar surface area (TPSA) is 15.7 Å². The third kappa shape index (κ3) is 9.41. The van der Waals surface area contributed by atoms with Crippen LogP contribution >= 0.6 is 7.26 Å². The van der Waals surface area contributed by atoms with E-state index >= 15 is 0 Å². The van der Waals surface area contributed by atoms with Gasteiger partial charge in [-0.1, -0.05) is 12.2 Å². The molecule has 3 nitrogen and oxygen atoms in total. The van der Waals surface area contributed by atoms with Crippen molar-refractivity contribution >= 4 is 29.3 Å². The Hall–Kier alpha value is -4.65. The van der Waals surface area contributed by atoms with Gasteiger partial charge in [-0.15, -0.1) is 0 Å².